The van der Waals surface area contributed by atoms with Gasteiger partial charge in [0.2, 0.25) is 0 Å². The fourth-order valence-corrected chi connectivity index (χ4v) is 1.83. The Morgan fingerprint density at radius 1 is 1.56 bits per heavy atom. The quantitative estimate of drug-likeness (QED) is 0.711. The number of aryl methyl sites for hydroxylation is 2. The molecule has 4 N–H and O–H groups in total. The maximum atomic E-state index is 12.2. The van der Waals surface area contributed by atoms with Gasteiger partial charge >= 0.3 is 0 Å². The van der Waals surface area contributed by atoms with Gasteiger partial charge in [0.05, 0.1) is 11.4 Å². The van der Waals surface area contributed by atoms with Crippen molar-refractivity contribution >= 4 is 11.6 Å². The lowest BCUT2D eigenvalue weighted by molar-refractivity contribution is 0.0891. The zero-order chi connectivity index (χ0) is 13.9. The second-order valence-corrected chi connectivity index (χ2v) is 5.00. The molecule has 0 spiro atoms. The lowest BCUT2D eigenvalue weighted by Crippen LogP contribution is -2.44. The van der Waals surface area contributed by atoms with Gasteiger partial charge in [-0.05, 0) is 26.7 Å². The van der Waals surface area contributed by atoms with Crippen LogP contribution >= 0.6 is 0 Å². The normalized spacial score (nSPS) is 11.6. The van der Waals surface area contributed by atoms with E-state index in [0.717, 1.165) is 5.69 Å². The van der Waals surface area contributed by atoms with Crippen molar-refractivity contribution in [2.75, 3.05) is 12.3 Å². The van der Waals surface area contributed by atoms with Gasteiger partial charge in [0.1, 0.15) is 5.69 Å². The van der Waals surface area contributed by atoms with Gasteiger partial charge in [-0.3, -0.25) is 9.48 Å². The van der Waals surface area contributed by atoms with Crippen LogP contribution < -0.4 is 11.1 Å². The maximum absolute atomic E-state index is 12.2. The number of nitrogens with one attached hydrogen (secondary N) is 1. The zero-order valence-electron chi connectivity index (χ0n) is 11.4. The van der Waals surface area contributed by atoms with E-state index in [2.05, 4.69) is 10.4 Å². The Kier molecular flexibility index (Phi) is 4.34. The van der Waals surface area contributed by atoms with Crippen molar-refractivity contribution in [2.45, 2.75) is 39.2 Å². The molecule has 0 fully saturated rings. The summed E-state index contributed by atoms with van der Waals surface area (Å²) in [5.41, 5.74) is 6.96. The second-order valence-electron chi connectivity index (χ2n) is 5.00. The molecule has 1 aromatic heterocycles. The molecule has 0 saturated carbocycles. The number of rotatable bonds is 5. The topological polar surface area (TPSA) is 93.2 Å². The van der Waals surface area contributed by atoms with Crippen molar-refractivity contribution in [1.82, 2.24) is 15.1 Å². The summed E-state index contributed by atoms with van der Waals surface area (Å²) in [4.78, 5) is 12.2. The summed E-state index contributed by atoms with van der Waals surface area (Å²) < 4.78 is 1.50. The summed E-state index contributed by atoms with van der Waals surface area (Å²) >= 11 is 0. The maximum Gasteiger partial charge on any atom is 0.272 e. The summed E-state index contributed by atoms with van der Waals surface area (Å²) in [7, 11) is 1.70. The Balaban J connectivity index is 2.95. The molecule has 0 atom stereocenters. The van der Waals surface area contributed by atoms with E-state index in [4.69, 9.17) is 10.8 Å². The number of nitrogen functional groups attached to an aromatic ring is 1. The molecule has 0 bridgehead atoms. The summed E-state index contributed by atoms with van der Waals surface area (Å²) in [5, 5.41) is 16.0. The van der Waals surface area contributed by atoms with E-state index >= 15 is 0 Å². The molecule has 0 aliphatic rings. The molecular weight excluding hydrogens is 232 g/mol. The number of amides is 1. The minimum atomic E-state index is -0.477. The molecule has 0 aromatic carbocycles. The third kappa shape index (κ3) is 3.01. The fraction of sp³-hybridized carbons (Fsp3) is 0.667. The number of carbonyl (C=O) groups excluding carboxylic acids is 1. The highest BCUT2D eigenvalue weighted by Crippen LogP contribution is 2.18. The Labute approximate surface area is 107 Å². The van der Waals surface area contributed by atoms with E-state index in [1.54, 1.807) is 7.05 Å². The SMILES string of the molecule is CCc1nn(C)c(C(=O)NC(C)(C)CCO)c1N. The van der Waals surface area contributed by atoms with Crippen molar-refractivity contribution in [3.05, 3.63) is 11.4 Å². The molecule has 1 heterocycles. The highest BCUT2D eigenvalue weighted by atomic mass is 16.3. The number of anilines is 1. The van der Waals surface area contributed by atoms with Crippen LogP contribution in [0, 0.1) is 0 Å². The standard InChI is InChI=1S/C12H22N4O2/c1-5-8-9(13)10(16(4)15-8)11(18)14-12(2,3)6-7-17/h17H,5-7,13H2,1-4H3,(H,14,18). The molecule has 1 rings (SSSR count). The van der Waals surface area contributed by atoms with Crippen LogP contribution in [0.1, 0.15) is 43.4 Å². The Morgan fingerprint density at radius 3 is 2.61 bits per heavy atom. The van der Waals surface area contributed by atoms with E-state index in [1.807, 2.05) is 20.8 Å². The van der Waals surface area contributed by atoms with E-state index in [9.17, 15) is 4.79 Å². The molecular formula is C12H22N4O2. The largest absolute Gasteiger partial charge is 0.396 e. The Morgan fingerprint density at radius 2 is 2.17 bits per heavy atom. The number of nitrogens with two attached hydrogens (primary N) is 1. The van der Waals surface area contributed by atoms with Crippen molar-refractivity contribution in [1.29, 1.82) is 0 Å². The third-order valence-corrected chi connectivity index (χ3v) is 2.90. The number of hydrogen-bond donors (Lipinski definition) is 3. The fourth-order valence-electron chi connectivity index (χ4n) is 1.83. The van der Waals surface area contributed by atoms with Gasteiger partial charge in [-0.15, -0.1) is 0 Å². The Hall–Kier alpha value is -1.56. The van der Waals surface area contributed by atoms with Crippen molar-refractivity contribution in [2.24, 2.45) is 7.05 Å². The molecule has 0 aliphatic heterocycles. The number of hydrogen-bond acceptors (Lipinski definition) is 4. The first kappa shape index (κ1) is 14.5. The van der Waals surface area contributed by atoms with Crippen LogP contribution in [0.5, 0.6) is 0 Å². The van der Waals surface area contributed by atoms with E-state index in [1.165, 1.54) is 4.68 Å². The molecule has 0 saturated heterocycles. The molecule has 0 aliphatic carbocycles. The first-order chi connectivity index (χ1) is 8.32. The monoisotopic (exact) mass is 254 g/mol. The van der Waals surface area contributed by atoms with Gasteiger partial charge in [-0.1, -0.05) is 6.92 Å². The first-order valence-corrected chi connectivity index (χ1v) is 6.07. The molecule has 0 unspecified atom stereocenters. The van der Waals surface area contributed by atoms with Crippen molar-refractivity contribution in [3.63, 3.8) is 0 Å². The van der Waals surface area contributed by atoms with Gasteiger partial charge in [0.25, 0.3) is 5.91 Å². The van der Waals surface area contributed by atoms with Gasteiger partial charge in [-0.2, -0.15) is 5.10 Å². The summed E-state index contributed by atoms with van der Waals surface area (Å²) in [6.45, 7) is 5.67. The summed E-state index contributed by atoms with van der Waals surface area (Å²) in [6, 6.07) is 0. The number of aliphatic hydroxyl groups is 1. The van der Waals surface area contributed by atoms with E-state index < -0.39 is 5.54 Å². The van der Waals surface area contributed by atoms with Crippen LogP contribution in [0.4, 0.5) is 5.69 Å². The molecule has 18 heavy (non-hydrogen) atoms. The number of carbonyl (C=O) groups is 1. The zero-order valence-corrected chi connectivity index (χ0v) is 11.4. The minimum Gasteiger partial charge on any atom is -0.396 e. The van der Waals surface area contributed by atoms with E-state index in [-0.39, 0.29) is 12.5 Å². The first-order valence-electron chi connectivity index (χ1n) is 6.07. The molecule has 0 radical (unpaired) electrons. The third-order valence-electron chi connectivity index (χ3n) is 2.90. The predicted octanol–water partition coefficient (Wildman–Crippen LogP) is 0.456. The summed E-state index contributed by atoms with van der Waals surface area (Å²) in [6.07, 6.45) is 1.17. The number of aliphatic hydroxyl groups excluding tert-OH is 1. The number of aromatic nitrogens is 2. The molecule has 6 nitrogen and oxygen atoms in total. The number of nitrogens with zero attached hydrogens (tertiary/aromatic N) is 2. The van der Waals surface area contributed by atoms with Crippen LogP contribution in [0.15, 0.2) is 0 Å². The van der Waals surface area contributed by atoms with Crippen LogP contribution in [0.2, 0.25) is 0 Å². The summed E-state index contributed by atoms with van der Waals surface area (Å²) in [5.74, 6) is -0.263. The van der Waals surface area contributed by atoms with E-state index in [0.29, 0.717) is 24.2 Å². The van der Waals surface area contributed by atoms with Gasteiger partial charge < -0.3 is 16.2 Å². The second kappa shape index (κ2) is 5.39. The van der Waals surface area contributed by atoms with Crippen molar-refractivity contribution < 1.29 is 9.90 Å². The van der Waals surface area contributed by atoms with Crippen LogP contribution in [-0.4, -0.2) is 32.9 Å². The molecule has 6 heteroatoms. The average molecular weight is 254 g/mol. The predicted molar refractivity (Wildman–Crippen MR) is 70.2 cm³/mol. The van der Waals surface area contributed by atoms with Crippen LogP contribution in [-0.2, 0) is 13.5 Å². The highest BCUT2D eigenvalue weighted by Gasteiger charge is 2.25. The Bertz CT molecular complexity index is 438. The van der Waals surface area contributed by atoms with Crippen molar-refractivity contribution in [3.8, 4) is 0 Å². The molecule has 1 amide bonds. The van der Waals surface area contributed by atoms with Crippen LogP contribution in [0.3, 0.4) is 0 Å². The molecule has 1 aromatic rings. The lowest BCUT2D eigenvalue weighted by Gasteiger charge is -2.25. The highest BCUT2D eigenvalue weighted by molar-refractivity contribution is 5.98. The van der Waals surface area contributed by atoms with Gasteiger partial charge in [-0.25, -0.2) is 0 Å². The lowest BCUT2D eigenvalue weighted by atomic mass is 10.0. The smallest absolute Gasteiger partial charge is 0.272 e. The van der Waals surface area contributed by atoms with Gasteiger partial charge in [0.15, 0.2) is 0 Å². The van der Waals surface area contributed by atoms with Gasteiger partial charge in [0, 0.05) is 19.2 Å². The molecule has 102 valence electrons. The average Bonchev–Trinajstić information content (AvgIpc) is 2.52. The minimum absolute atomic E-state index is 0.0222. The van der Waals surface area contributed by atoms with Crippen LogP contribution in [0.25, 0.3) is 0 Å².